The predicted molar refractivity (Wildman–Crippen MR) is 73.9 cm³/mol. The van der Waals surface area contributed by atoms with Gasteiger partial charge in [0.05, 0.1) is 6.54 Å². The van der Waals surface area contributed by atoms with Crippen LogP contribution in [0.3, 0.4) is 0 Å². The van der Waals surface area contributed by atoms with Gasteiger partial charge in [-0.3, -0.25) is 9.69 Å². The van der Waals surface area contributed by atoms with Crippen molar-refractivity contribution in [1.82, 2.24) is 10.2 Å². The van der Waals surface area contributed by atoms with E-state index in [0.717, 1.165) is 4.90 Å². The number of carboxylic acids is 1. The van der Waals surface area contributed by atoms with Gasteiger partial charge in [0.1, 0.15) is 17.6 Å². The first kappa shape index (κ1) is 14.8. The molecule has 3 amide bonds. The molecule has 2 aromatic rings. The van der Waals surface area contributed by atoms with Crippen molar-refractivity contribution in [1.29, 1.82) is 0 Å². The number of hydrogen-bond donors (Lipinski definition) is 2. The van der Waals surface area contributed by atoms with Crippen molar-refractivity contribution in [2.75, 3.05) is 0 Å². The van der Waals surface area contributed by atoms with Crippen LogP contribution in [-0.4, -0.2) is 27.9 Å². The van der Waals surface area contributed by atoms with Crippen molar-refractivity contribution in [2.45, 2.75) is 12.6 Å². The Morgan fingerprint density at radius 3 is 2.52 bits per heavy atom. The lowest BCUT2D eigenvalue weighted by molar-refractivity contribution is -0.128. The van der Waals surface area contributed by atoms with Crippen LogP contribution in [0.4, 0.5) is 9.18 Å². The summed E-state index contributed by atoms with van der Waals surface area (Å²) < 4.78 is 18.0. The van der Waals surface area contributed by atoms with E-state index < -0.39 is 29.8 Å². The molecule has 1 fully saturated rings. The number of halogens is 1. The number of nitrogens with zero attached hydrogens (tertiary/aromatic N) is 1. The number of hydrogen-bond acceptors (Lipinski definition) is 4. The lowest BCUT2D eigenvalue weighted by atomic mass is 10.1. The van der Waals surface area contributed by atoms with E-state index in [9.17, 15) is 18.8 Å². The van der Waals surface area contributed by atoms with Crippen LogP contribution in [0.2, 0.25) is 0 Å². The Bertz CT molecular complexity index is 783. The third-order valence-corrected chi connectivity index (χ3v) is 3.42. The Kier molecular flexibility index (Phi) is 3.57. The smallest absolute Gasteiger partial charge is 0.371 e. The maximum Gasteiger partial charge on any atom is 0.371 e. The first-order chi connectivity index (χ1) is 11.0. The Balaban J connectivity index is 1.78. The molecular weight excluding hydrogens is 307 g/mol. The summed E-state index contributed by atoms with van der Waals surface area (Å²) in [5, 5.41) is 11.3. The number of aromatic carboxylic acids is 1. The Labute approximate surface area is 129 Å². The Morgan fingerprint density at radius 2 is 1.91 bits per heavy atom. The fourth-order valence-electron chi connectivity index (χ4n) is 2.28. The minimum Gasteiger partial charge on any atom is -0.475 e. The highest BCUT2D eigenvalue weighted by atomic mass is 19.1. The van der Waals surface area contributed by atoms with Crippen LogP contribution in [0.25, 0.3) is 0 Å². The second-order valence-electron chi connectivity index (χ2n) is 4.93. The molecular formula is C15H11FN2O5. The van der Waals surface area contributed by atoms with Crippen molar-refractivity contribution < 1.29 is 28.3 Å². The molecule has 8 heteroatoms. The maximum absolute atomic E-state index is 12.9. The predicted octanol–water partition coefficient (Wildman–Crippen LogP) is 1.91. The second kappa shape index (κ2) is 5.56. The molecule has 1 aromatic carbocycles. The summed E-state index contributed by atoms with van der Waals surface area (Å²) in [6, 6.07) is 6.32. The van der Waals surface area contributed by atoms with Gasteiger partial charge in [0.15, 0.2) is 0 Å². The van der Waals surface area contributed by atoms with E-state index in [0.29, 0.717) is 5.56 Å². The quantitative estimate of drug-likeness (QED) is 0.839. The zero-order chi connectivity index (χ0) is 16.6. The molecule has 0 radical (unpaired) electrons. The third kappa shape index (κ3) is 2.78. The highest BCUT2D eigenvalue weighted by molar-refractivity contribution is 6.04. The molecule has 23 heavy (non-hydrogen) atoms. The van der Waals surface area contributed by atoms with Gasteiger partial charge in [0.25, 0.3) is 5.91 Å². The summed E-state index contributed by atoms with van der Waals surface area (Å²) in [6.07, 6.45) is 0. The topological polar surface area (TPSA) is 99.9 Å². The molecule has 1 atom stereocenters. The van der Waals surface area contributed by atoms with Crippen molar-refractivity contribution in [3.8, 4) is 0 Å². The van der Waals surface area contributed by atoms with E-state index >= 15 is 0 Å². The lowest BCUT2D eigenvalue weighted by Gasteiger charge is -2.11. The van der Waals surface area contributed by atoms with Crippen LogP contribution in [0.1, 0.15) is 27.9 Å². The van der Waals surface area contributed by atoms with Gasteiger partial charge in [-0.15, -0.1) is 0 Å². The van der Waals surface area contributed by atoms with E-state index in [1.54, 1.807) is 0 Å². The van der Waals surface area contributed by atoms with E-state index in [4.69, 9.17) is 9.52 Å². The van der Waals surface area contributed by atoms with Crippen molar-refractivity contribution in [2.24, 2.45) is 0 Å². The summed E-state index contributed by atoms with van der Waals surface area (Å²) >= 11 is 0. The Hall–Kier alpha value is -3.16. The van der Waals surface area contributed by atoms with Crippen molar-refractivity contribution >= 4 is 17.9 Å². The lowest BCUT2D eigenvalue weighted by Crippen LogP contribution is -2.30. The summed E-state index contributed by atoms with van der Waals surface area (Å²) in [6.45, 7) is -0.185. The van der Waals surface area contributed by atoms with Gasteiger partial charge in [-0.25, -0.2) is 14.0 Å². The molecule has 2 heterocycles. The standard InChI is InChI=1S/C15H11FN2O5/c16-9-3-1-8(2-4-9)12-13(19)18(15(22)17-12)7-10-5-6-11(23-10)14(20)21/h1-6,12H,7H2,(H,17,22)(H,20,21). The molecule has 7 nitrogen and oxygen atoms in total. The minimum absolute atomic E-state index is 0.172. The molecule has 1 aliphatic rings. The van der Waals surface area contributed by atoms with Crippen LogP contribution in [-0.2, 0) is 11.3 Å². The molecule has 1 aromatic heterocycles. The number of urea groups is 1. The number of carbonyl (C=O) groups is 3. The molecule has 2 N–H and O–H groups in total. The van der Waals surface area contributed by atoms with Gasteiger partial charge in [-0.05, 0) is 29.8 Å². The molecule has 118 valence electrons. The third-order valence-electron chi connectivity index (χ3n) is 3.42. The summed E-state index contributed by atoms with van der Waals surface area (Å²) in [5.41, 5.74) is 0.456. The van der Waals surface area contributed by atoms with Crippen LogP contribution in [0, 0.1) is 5.82 Å². The SMILES string of the molecule is O=C(O)c1ccc(CN2C(=O)NC(c3ccc(F)cc3)C2=O)o1. The van der Waals surface area contributed by atoms with E-state index in [-0.39, 0.29) is 18.1 Å². The monoisotopic (exact) mass is 318 g/mol. The van der Waals surface area contributed by atoms with Crippen LogP contribution < -0.4 is 5.32 Å². The molecule has 3 rings (SSSR count). The zero-order valence-electron chi connectivity index (χ0n) is 11.7. The second-order valence-corrected chi connectivity index (χ2v) is 4.93. The van der Waals surface area contributed by atoms with Crippen molar-refractivity contribution in [3.05, 3.63) is 59.3 Å². The number of imide groups is 1. The fourth-order valence-corrected chi connectivity index (χ4v) is 2.28. The molecule has 0 bridgehead atoms. The summed E-state index contributed by atoms with van der Waals surface area (Å²) in [5.74, 6) is -2.31. The molecule has 1 saturated heterocycles. The zero-order valence-corrected chi connectivity index (χ0v) is 11.7. The average Bonchev–Trinajstić information content (AvgIpc) is 3.09. The van der Waals surface area contributed by atoms with Crippen molar-refractivity contribution in [3.63, 3.8) is 0 Å². The number of furan rings is 1. The molecule has 1 unspecified atom stereocenters. The van der Waals surface area contributed by atoms with Crippen LogP contribution >= 0.6 is 0 Å². The molecule has 0 spiro atoms. The highest BCUT2D eigenvalue weighted by Gasteiger charge is 2.39. The highest BCUT2D eigenvalue weighted by Crippen LogP contribution is 2.24. The van der Waals surface area contributed by atoms with E-state index in [1.165, 1.54) is 36.4 Å². The number of carbonyl (C=O) groups excluding carboxylic acids is 2. The fraction of sp³-hybridized carbons (Fsp3) is 0.133. The number of nitrogens with one attached hydrogen (secondary N) is 1. The first-order valence-corrected chi connectivity index (χ1v) is 6.65. The largest absolute Gasteiger partial charge is 0.475 e. The van der Waals surface area contributed by atoms with Gasteiger partial charge in [-0.2, -0.15) is 0 Å². The first-order valence-electron chi connectivity index (χ1n) is 6.65. The molecule has 1 aliphatic heterocycles. The van der Waals surface area contributed by atoms with Crippen LogP contribution in [0.5, 0.6) is 0 Å². The summed E-state index contributed by atoms with van der Waals surface area (Å²) in [7, 11) is 0. The van der Waals surface area contributed by atoms with E-state index in [1.807, 2.05) is 0 Å². The minimum atomic E-state index is -1.24. The van der Waals surface area contributed by atoms with Gasteiger partial charge in [-0.1, -0.05) is 12.1 Å². The average molecular weight is 318 g/mol. The van der Waals surface area contributed by atoms with Gasteiger partial charge in [0, 0.05) is 0 Å². The number of carboxylic acid groups (broad SMARTS) is 1. The van der Waals surface area contributed by atoms with Gasteiger partial charge in [0.2, 0.25) is 5.76 Å². The number of amides is 3. The maximum atomic E-state index is 12.9. The molecule has 0 aliphatic carbocycles. The van der Waals surface area contributed by atoms with Crippen LogP contribution in [0.15, 0.2) is 40.8 Å². The van der Waals surface area contributed by atoms with Gasteiger partial charge >= 0.3 is 12.0 Å². The number of rotatable bonds is 4. The molecule has 0 saturated carbocycles. The normalized spacial score (nSPS) is 17.4. The Morgan fingerprint density at radius 1 is 1.22 bits per heavy atom. The van der Waals surface area contributed by atoms with E-state index in [2.05, 4.69) is 5.32 Å². The van der Waals surface area contributed by atoms with Gasteiger partial charge < -0.3 is 14.8 Å². The number of benzene rings is 1. The summed E-state index contributed by atoms with van der Waals surface area (Å²) in [4.78, 5) is 36.0.